The molecule has 0 unspecified atom stereocenters. The minimum Gasteiger partial charge on any atom is -0.489 e. The smallest absolute Gasteiger partial charge is 0.304 e. The fraction of sp³-hybridized carbons (Fsp3) is 0.480. The summed E-state index contributed by atoms with van der Waals surface area (Å²) in [5.74, 6) is -1.64. The Morgan fingerprint density at radius 1 is 1.08 bits per heavy atom. The van der Waals surface area contributed by atoms with E-state index >= 15 is 4.39 Å². The molecule has 0 aromatic heterocycles. The van der Waals surface area contributed by atoms with Gasteiger partial charge in [0.1, 0.15) is 23.5 Å². The maximum absolute atomic E-state index is 15.0. The first-order chi connectivity index (χ1) is 17.2. The fourth-order valence-electron chi connectivity index (χ4n) is 4.65. The summed E-state index contributed by atoms with van der Waals surface area (Å²) in [6, 6.07) is 6.99. The summed E-state index contributed by atoms with van der Waals surface area (Å²) >= 11 is 6.19. The van der Waals surface area contributed by atoms with Gasteiger partial charge in [-0.3, -0.25) is 9.69 Å². The number of amides is 1. The van der Waals surface area contributed by atoms with Gasteiger partial charge in [0.2, 0.25) is 0 Å². The van der Waals surface area contributed by atoms with E-state index in [1.807, 2.05) is 4.72 Å². The van der Waals surface area contributed by atoms with Crippen LogP contribution in [0.15, 0.2) is 30.3 Å². The third-order valence-electron chi connectivity index (χ3n) is 6.90. The predicted octanol–water partition coefficient (Wildman–Crippen LogP) is 4.22. The molecule has 1 aliphatic carbocycles. The quantitative estimate of drug-likeness (QED) is 0.543. The second-order valence-corrected chi connectivity index (χ2v) is 11.8. The van der Waals surface area contributed by atoms with Crippen molar-refractivity contribution in [2.75, 3.05) is 26.2 Å². The van der Waals surface area contributed by atoms with Crippen LogP contribution in [0, 0.1) is 11.6 Å². The Bertz CT molecular complexity index is 1270. The zero-order chi connectivity index (χ0) is 25.4. The van der Waals surface area contributed by atoms with E-state index in [1.165, 1.54) is 24.3 Å². The number of nitrogens with zero attached hydrogens (tertiary/aromatic N) is 2. The lowest BCUT2D eigenvalue weighted by molar-refractivity contribution is 0.0832. The number of benzene rings is 2. The molecule has 2 aromatic rings. The molecule has 0 radical (unpaired) electrons. The van der Waals surface area contributed by atoms with Crippen LogP contribution in [-0.2, 0) is 16.8 Å². The second-order valence-electron chi connectivity index (χ2n) is 9.69. The zero-order valence-electron chi connectivity index (χ0n) is 19.7. The maximum atomic E-state index is 15.0. The SMILES string of the molecule is O=C(NS(=O)(=O)N1CCC1)c1cc(C2CC2)c(O[C@@H]2CCCN(Cc3ccc(F)cc3Cl)C2)cc1F. The van der Waals surface area contributed by atoms with E-state index in [9.17, 15) is 17.6 Å². The van der Waals surface area contributed by atoms with Crippen LogP contribution in [0.2, 0.25) is 5.02 Å². The zero-order valence-corrected chi connectivity index (χ0v) is 21.3. The largest absolute Gasteiger partial charge is 0.489 e. The van der Waals surface area contributed by atoms with Crippen molar-refractivity contribution in [3.63, 3.8) is 0 Å². The molecule has 1 atom stereocenters. The molecule has 1 N–H and O–H groups in total. The maximum Gasteiger partial charge on any atom is 0.304 e. The molecular formula is C25H28ClF2N3O4S. The van der Waals surface area contributed by atoms with Gasteiger partial charge < -0.3 is 4.74 Å². The molecule has 2 heterocycles. The Hall–Kier alpha value is -2.27. The lowest BCUT2D eigenvalue weighted by Gasteiger charge is -2.33. The van der Waals surface area contributed by atoms with Crippen LogP contribution in [0.4, 0.5) is 8.78 Å². The van der Waals surface area contributed by atoms with E-state index in [0.29, 0.717) is 37.0 Å². The van der Waals surface area contributed by atoms with Gasteiger partial charge >= 0.3 is 10.2 Å². The third kappa shape index (κ3) is 5.66. The molecule has 11 heteroatoms. The van der Waals surface area contributed by atoms with Gasteiger partial charge in [-0.1, -0.05) is 17.7 Å². The molecule has 7 nitrogen and oxygen atoms in total. The molecule has 1 amide bonds. The molecular weight excluding hydrogens is 512 g/mol. The second kappa shape index (κ2) is 10.2. The summed E-state index contributed by atoms with van der Waals surface area (Å²) in [6.07, 6.45) is 4.00. The third-order valence-corrected chi connectivity index (χ3v) is 8.74. The molecule has 2 aromatic carbocycles. The normalized spacial score (nSPS) is 21.1. The number of carbonyl (C=O) groups excluding carboxylic acids is 1. The van der Waals surface area contributed by atoms with Crippen molar-refractivity contribution in [3.8, 4) is 5.75 Å². The minimum atomic E-state index is -3.98. The van der Waals surface area contributed by atoms with Crippen molar-refractivity contribution >= 4 is 27.7 Å². The average molecular weight is 540 g/mol. The van der Waals surface area contributed by atoms with Crippen molar-refractivity contribution in [3.05, 3.63) is 63.7 Å². The Balaban J connectivity index is 1.30. The first kappa shape index (κ1) is 25.4. The van der Waals surface area contributed by atoms with Crippen molar-refractivity contribution in [1.82, 2.24) is 13.9 Å². The van der Waals surface area contributed by atoms with E-state index < -0.39 is 21.9 Å². The number of likely N-dealkylation sites (tertiary alicyclic amines) is 1. The number of carbonyl (C=O) groups is 1. The summed E-state index contributed by atoms with van der Waals surface area (Å²) in [5, 5.41) is 0.376. The fourth-order valence-corrected chi connectivity index (χ4v) is 6.09. The number of piperidine rings is 1. The highest BCUT2D eigenvalue weighted by molar-refractivity contribution is 7.87. The van der Waals surface area contributed by atoms with Crippen molar-refractivity contribution < 1.29 is 26.7 Å². The van der Waals surface area contributed by atoms with Gasteiger partial charge in [0, 0.05) is 37.3 Å². The highest BCUT2D eigenvalue weighted by Crippen LogP contribution is 2.45. The van der Waals surface area contributed by atoms with E-state index in [2.05, 4.69) is 4.90 Å². The molecule has 5 rings (SSSR count). The number of nitrogens with one attached hydrogen (secondary N) is 1. The first-order valence-corrected chi connectivity index (χ1v) is 14.0. The Morgan fingerprint density at radius 3 is 2.53 bits per heavy atom. The minimum absolute atomic E-state index is 0.150. The van der Waals surface area contributed by atoms with E-state index in [0.717, 1.165) is 54.1 Å². The van der Waals surface area contributed by atoms with Crippen molar-refractivity contribution in [2.24, 2.45) is 0 Å². The van der Waals surface area contributed by atoms with Gasteiger partial charge in [0.15, 0.2) is 0 Å². The van der Waals surface area contributed by atoms with Gasteiger partial charge in [-0.15, -0.1) is 0 Å². The molecule has 0 spiro atoms. The first-order valence-electron chi connectivity index (χ1n) is 12.2. The van der Waals surface area contributed by atoms with Gasteiger partial charge in [-0.2, -0.15) is 12.7 Å². The number of halogens is 3. The molecule has 3 fully saturated rings. The Morgan fingerprint density at radius 2 is 1.86 bits per heavy atom. The van der Waals surface area contributed by atoms with Crippen LogP contribution in [0.3, 0.4) is 0 Å². The summed E-state index contributed by atoms with van der Waals surface area (Å²) in [4.78, 5) is 14.8. The number of rotatable bonds is 8. The summed E-state index contributed by atoms with van der Waals surface area (Å²) < 4.78 is 62.4. The van der Waals surface area contributed by atoms with Crippen LogP contribution >= 0.6 is 11.6 Å². The topological polar surface area (TPSA) is 79.0 Å². The standard InChI is InChI=1S/C25H28ClF2N3O4S/c26-22-11-18(27)7-6-17(22)14-30-8-1-3-19(15-30)35-24-13-23(28)21(12-20(24)16-4-5-16)25(32)29-36(33,34)31-9-2-10-31/h6-7,11-13,16,19H,1-5,8-10,14-15H2,(H,29,32)/t19-/m1/s1. The van der Waals surface area contributed by atoms with E-state index in [1.54, 1.807) is 6.07 Å². The van der Waals surface area contributed by atoms with Gasteiger partial charge in [-0.05, 0) is 73.9 Å². The Kier molecular flexibility index (Phi) is 7.22. The molecule has 3 aliphatic rings. The van der Waals surface area contributed by atoms with E-state index in [-0.39, 0.29) is 23.4 Å². The Labute approximate surface area is 214 Å². The van der Waals surface area contributed by atoms with E-state index in [4.69, 9.17) is 16.3 Å². The lowest BCUT2D eigenvalue weighted by atomic mass is 10.0. The highest BCUT2D eigenvalue weighted by Gasteiger charge is 2.33. The molecule has 2 saturated heterocycles. The molecule has 0 bridgehead atoms. The van der Waals surface area contributed by atoms with Gasteiger partial charge in [0.05, 0.1) is 5.56 Å². The van der Waals surface area contributed by atoms with Crippen LogP contribution in [0.25, 0.3) is 0 Å². The van der Waals surface area contributed by atoms with Crippen LogP contribution < -0.4 is 9.46 Å². The lowest BCUT2D eigenvalue weighted by Crippen LogP contribution is -2.49. The number of hydrogen-bond donors (Lipinski definition) is 1. The average Bonchev–Trinajstić information content (AvgIpc) is 3.59. The van der Waals surface area contributed by atoms with Crippen LogP contribution in [-0.4, -0.2) is 55.8 Å². The van der Waals surface area contributed by atoms with Crippen molar-refractivity contribution in [2.45, 2.75) is 50.7 Å². The van der Waals surface area contributed by atoms with Gasteiger partial charge in [0.25, 0.3) is 5.91 Å². The predicted molar refractivity (Wildman–Crippen MR) is 131 cm³/mol. The molecule has 1 saturated carbocycles. The monoisotopic (exact) mass is 539 g/mol. The number of hydrogen-bond acceptors (Lipinski definition) is 5. The van der Waals surface area contributed by atoms with Crippen molar-refractivity contribution in [1.29, 1.82) is 0 Å². The molecule has 194 valence electrons. The van der Waals surface area contributed by atoms with Crippen LogP contribution in [0.5, 0.6) is 5.75 Å². The van der Waals surface area contributed by atoms with Crippen LogP contribution in [0.1, 0.15) is 59.5 Å². The number of ether oxygens (including phenoxy) is 1. The summed E-state index contributed by atoms with van der Waals surface area (Å²) in [5.41, 5.74) is 1.25. The summed E-state index contributed by atoms with van der Waals surface area (Å²) in [7, 11) is -3.98. The molecule has 2 aliphatic heterocycles. The molecule has 36 heavy (non-hydrogen) atoms. The van der Waals surface area contributed by atoms with Gasteiger partial charge in [-0.25, -0.2) is 13.5 Å². The summed E-state index contributed by atoms with van der Waals surface area (Å²) in [6.45, 7) is 2.67. The highest BCUT2D eigenvalue weighted by atomic mass is 35.5.